The number of carbonyl (C=O) groups is 1. The van der Waals surface area contributed by atoms with Gasteiger partial charge in [-0.3, -0.25) is 4.79 Å². The van der Waals surface area contributed by atoms with Crippen LogP contribution >= 0.6 is 0 Å². The summed E-state index contributed by atoms with van der Waals surface area (Å²) in [5, 5.41) is 2.76. The lowest BCUT2D eigenvalue weighted by Gasteiger charge is -2.20. The molecule has 0 fully saturated rings. The maximum Gasteiger partial charge on any atom is 0.251 e. The van der Waals surface area contributed by atoms with Crippen molar-refractivity contribution < 1.29 is 9.18 Å². The molecule has 0 saturated heterocycles. The number of nitrogens with zero attached hydrogens (tertiary/aromatic N) is 1. The Balaban J connectivity index is 2.59. The molecule has 0 heterocycles. The molecular formula is C14H22FN3O. The minimum atomic E-state index is -0.454. The van der Waals surface area contributed by atoms with Gasteiger partial charge in [0.25, 0.3) is 5.91 Å². The third kappa shape index (κ3) is 4.21. The molecule has 0 atom stereocenters. The summed E-state index contributed by atoms with van der Waals surface area (Å²) in [5.74, 6) is -0.757. The SMILES string of the molecule is Cc1c(N)cc(C(=O)NCCN(C)C(C)C)cc1F. The van der Waals surface area contributed by atoms with Crippen LogP contribution in [-0.2, 0) is 0 Å². The maximum absolute atomic E-state index is 13.5. The molecule has 5 heteroatoms. The monoisotopic (exact) mass is 267 g/mol. The van der Waals surface area contributed by atoms with Gasteiger partial charge in [0.1, 0.15) is 5.82 Å². The molecule has 106 valence electrons. The number of halogens is 1. The van der Waals surface area contributed by atoms with Crippen LogP contribution in [-0.4, -0.2) is 37.0 Å². The molecule has 4 nitrogen and oxygen atoms in total. The van der Waals surface area contributed by atoms with Crippen LogP contribution in [0.25, 0.3) is 0 Å². The van der Waals surface area contributed by atoms with Gasteiger partial charge in [0.15, 0.2) is 0 Å². The molecule has 3 N–H and O–H groups in total. The van der Waals surface area contributed by atoms with Gasteiger partial charge in [-0.1, -0.05) is 0 Å². The van der Waals surface area contributed by atoms with Gasteiger partial charge in [-0.15, -0.1) is 0 Å². The Hall–Kier alpha value is -1.62. The fourth-order valence-electron chi connectivity index (χ4n) is 1.54. The predicted octanol–water partition coefficient (Wildman–Crippen LogP) is 1.79. The average molecular weight is 267 g/mol. The molecule has 0 radical (unpaired) electrons. The summed E-state index contributed by atoms with van der Waals surface area (Å²) in [6.45, 7) is 7.01. The van der Waals surface area contributed by atoms with Crippen molar-refractivity contribution in [2.45, 2.75) is 26.8 Å². The van der Waals surface area contributed by atoms with Gasteiger partial charge in [0, 0.05) is 35.9 Å². The molecule has 0 spiro atoms. The van der Waals surface area contributed by atoms with E-state index in [2.05, 4.69) is 24.1 Å². The third-order valence-electron chi connectivity index (χ3n) is 3.28. The summed E-state index contributed by atoms with van der Waals surface area (Å²) in [7, 11) is 1.99. The number of likely N-dealkylation sites (N-methyl/N-ethyl adjacent to an activating group) is 1. The van der Waals surface area contributed by atoms with E-state index < -0.39 is 5.82 Å². The lowest BCUT2D eigenvalue weighted by Crippen LogP contribution is -2.36. The van der Waals surface area contributed by atoms with Gasteiger partial charge in [-0.25, -0.2) is 4.39 Å². The molecule has 0 bridgehead atoms. The first-order valence-corrected chi connectivity index (χ1v) is 6.37. The van der Waals surface area contributed by atoms with E-state index in [4.69, 9.17) is 5.73 Å². The van der Waals surface area contributed by atoms with Gasteiger partial charge in [0.2, 0.25) is 0 Å². The molecule has 1 aromatic rings. The highest BCUT2D eigenvalue weighted by molar-refractivity contribution is 5.95. The first-order chi connectivity index (χ1) is 8.82. The second-order valence-electron chi connectivity index (χ2n) is 5.00. The number of hydrogen-bond acceptors (Lipinski definition) is 3. The largest absolute Gasteiger partial charge is 0.398 e. The van der Waals surface area contributed by atoms with Crippen LogP contribution in [0.5, 0.6) is 0 Å². The Morgan fingerprint density at radius 3 is 2.63 bits per heavy atom. The second kappa shape index (κ2) is 6.52. The van der Waals surface area contributed by atoms with Crippen LogP contribution in [0.4, 0.5) is 10.1 Å². The molecule has 0 aromatic heterocycles. The van der Waals surface area contributed by atoms with Gasteiger partial charge < -0.3 is 16.0 Å². The fraction of sp³-hybridized carbons (Fsp3) is 0.500. The van der Waals surface area contributed by atoms with Crippen molar-refractivity contribution in [2.24, 2.45) is 0 Å². The van der Waals surface area contributed by atoms with Crippen molar-refractivity contribution in [3.8, 4) is 0 Å². The van der Waals surface area contributed by atoms with Crippen LogP contribution in [0, 0.1) is 12.7 Å². The fourth-order valence-corrected chi connectivity index (χ4v) is 1.54. The molecule has 1 amide bonds. The molecule has 1 aromatic carbocycles. The predicted molar refractivity (Wildman–Crippen MR) is 75.6 cm³/mol. The highest BCUT2D eigenvalue weighted by Crippen LogP contribution is 2.17. The van der Waals surface area contributed by atoms with E-state index in [-0.39, 0.29) is 11.5 Å². The summed E-state index contributed by atoms with van der Waals surface area (Å²) in [5.41, 5.74) is 6.57. The number of nitrogen functional groups attached to an aromatic ring is 1. The number of benzene rings is 1. The van der Waals surface area contributed by atoms with Gasteiger partial charge >= 0.3 is 0 Å². The molecule has 1 rings (SSSR count). The molecule has 0 unspecified atom stereocenters. The summed E-state index contributed by atoms with van der Waals surface area (Å²) >= 11 is 0. The number of nitrogens with one attached hydrogen (secondary N) is 1. The Morgan fingerprint density at radius 1 is 1.47 bits per heavy atom. The first kappa shape index (κ1) is 15.4. The number of nitrogens with two attached hydrogens (primary N) is 1. The number of carbonyl (C=O) groups excluding carboxylic acids is 1. The Morgan fingerprint density at radius 2 is 2.11 bits per heavy atom. The Kier molecular flexibility index (Phi) is 5.30. The number of anilines is 1. The van der Waals surface area contributed by atoms with E-state index in [0.717, 1.165) is 6.54 Å². The zero-order valence-corrected chi connectivity index (χ0v) is 12.0. The van der Waals surface area contributed by atoms with Crippen molar-refractivity contribution in [2.75, 3.05) is 25.9 Å². The first-order valence-electron chi connectivity index (χ1n) is 6.37. The lowest BCUT2D eigenvalue weighted by atomic mass is 10.1. The molecule has 0 aliphatic carbocycles. The third-order valence-corrected chi connectivity index (χ3v) is 3.28. The van der Waals surface area contributed by atoms with E-state index in [0.29, 0.717) is 23.8 Å². The van der Waals surface area contributed by atoms with Crippen molar-refractivity contribution in [1.29, 1.82) is 0 Å². The topological polar surface area (TPSA) is 58.4 Å². The lowest BCUT2D eigenvalue weighted by molar-refractivity contribution is 0.0947. The summed E-state index contributed by atoms with van der Waals surface area (Å²) in [6.07, 6.45) is 0. The van der Waals surface area contributed by atoms with Gasteiger partial charge in [0.05, 0.1) is 0 Å². The minimum Gasteiger partial charge on any atom is -0.398 e. The van der Waals surface area contributed by atoms with E-state index in [9.17, 15) is 9.18 Å². The summed E-state index contributed by atoms with van der Waals surface area (Å²) in [6, 6.07) is 3.14. The van der Waals surface area contributed by atoms with Crippen LogP contribution < -0.4 is 11.1 Å². The maximum atomic E-state index is 13.5. The van der Waals surface area contributed by atoms with Crippen LogP contribution in [0.15, 0.2) is 12.1 Å². The van der Waals surface area contributed by atoms with Gasteiger partial charge in [-0.05, 0) is 40.0 Å². The highest BCUT2D eigenvalue weighted by atomic mass is 19.1. The second-order valence-corrected chi connectivity index (χ2v) is 5.00. The number of rotatable bonds is 5. The Bertz CT molecular complexity index is 437. The van der Waals surface area contributed by atoms with Gasteiger partial charge in [-0.2, -0.15) is 0 Å². The van der Waals surface area contributed by atoms with Crippen molar-refractivity contribution in [3.63, 3.8) is 0 Å². The van der Waals surface area contributed by atoms with Crippen LogP contribution in [0.2, 0.25) is 0 Å². The molecular weight excluding hydrogens is 245 g/mol. The zero-order valence-electron chi connectivity index (χ0n) is 12.0. The molecule has 0 saturated carbocycles. The zero-order chi connectivity index (χ0) is 14.6. The van der Waals surface area contributed by atoms with E-state index >= 15 is 0 Å². The Labute approximate surface area is 113 Å². The molecule has 19 heavy (non-hydrogen) atoms. The average Bonchev–Trinajstić information content (AvgIpc) is 2.34. The van der Waals surface area contributed by atoms with E-state index in [1.807, 2.05) is 7.05 Å². The quantitative estimate of drug-likeness (QED) is 0.800. The minimum absolute atomic E-state index is 0.257. The van der Waals surface area contributed by atoms with Crippen molar-refractivity contribution in [3.05, 3.63) is 29.1 Å². The summed E-state index contributed by atoms with van der Waals surface area (Å²) in [4.78, 5) is 14.0. The summed E-state index contributed by atoms with van der Waals surface area (Å²) < 4.78 is 13.5. The standard InChI is InChI=1S/C14H22FN3O/c1-9(2)18(4)6-5-17-14(19)11-7-12(15)10(3)13(16)8-11/h7-9H,5-6,16H2,1-4H3,(H,17,19). The van der Waals surface area contributed by atoms with Crippen molar-refractivity contribution in [1.82, 2.24) is 10.2 Å². The smallest absolute Gasteiger partial charge is 0.251 e. The van der Waals surface area contributed by atoms with Crippen LogP contribution in [0.3, 0.4) is 0 Å². The van der Waals surface area contributed by atoms with E-state index in [1.54, 1.807) is 6.92 Å². The molecule has 0 aliphatic heterocycles. The van der Waals surface area contributed by atoms with Crippen LogP contribution in [0.1, 0.15) is 29.8 Å². The number of hydrogen-bond donors (Lipinski definition) is 2. The normalized spacial score (nSPS) is 11.1. The van der Waals surface area contributed by atoms with Crippen molar-refractivity contribution >= 4 is 11.6 Å². The van der Waals surface area contributed by atoms with E-state index in [1.165, 1.54) is 12.1 Å². The highest BCUT2D eigenvalue weighted by Gasteiger charge is 2.11. The molecule has 0 aliphatic rings. The number of amides is 1.